The summed E-state index contributed by atoms with van der Waals surface area (Å²) in [5.74, 6) is 1.24. The molecule has 138 valence electrons. The fraction of sp³-hybridized carbons (Fsp3) is 0.300. The SMILES string of the molecule is COc1cc(C2Oc3c(OC)cc(/C=[13CH]/CO)cc3C2CO)ccc1O. The number of aromatic hydroxyl groups is 1. The number of methoxy groups -OCH3 is 2. The predicted molar refractivity (Wildman–Crippen MR) is 97.0 cm³/mol. The zero-order valence-corrected chi connectivity index (χ0v) is 14.7. The highest BCUT2D eigenvalue weighted by molar-refractivity contribution is 5.62. The van der Waals surface area contributed by atoms with Crippen LogP contribution in [0.5, 0.6) is 23.0 Å². The maximum atomic E-state index is 10.00. The van der Waals surface area contributed by atoms with E-state index in [0.717, 1.165) is 16.7 Å². The molecule has 2 aromatic rings. The second kappa shape index (κ2) is 7.68. The first-order valence-electron chi connectivity index (χ1n) is 8.26. The van der Waals surface area contributed by atoms with E-state index < -0.39 is 6.10 Å². The first-order chi connectivity index (χ1) is 12.6. The highest BCUT2D eigenvalue weighted by Gasteiger charge is 2.37. The van der Waals surface area contributed by atoms with Crippen molar-refractivity contribution in [3.05, 3.63) is 53.1 Å². The van der Waals surface area contributed by atoms with E-state index in [-0.39, 0.29) is 24.9 Å². The van der Waals surface area contributed by atoms with Crippen LogP contribution in [-0.4, -0.2) is 42.8 Å². The number of hydrogen-bond acceptors (Lipinski definition) is 6. The minimum absolute atomic E-state index is 0.0429. The van der Waals surface area contributed by atoms with Gasteiger partial charge in [0.25, 0.3) is 0 Å². The summed E-state index contributed by atoms with van der Waals surface area (Å²) in [6.45, 7) is -0.174. The number of ether oxygens (including phenoxy) is 3. The van der Waals surface area contributed by atoms with Gasteiger partial charge in [0.15, 0.2) is 23.0 Å². The largest absolute Gasteiger partial charge is 0.504 e. The summed E-state index contributed by atoms with van der Waals surface area (Å²) in [5.41, 5.74) is 2.46. The molecule has 3 N–H and O–H groups in total. The molecule has 2 aromatic carbocycles. The summed E-state index contributed by atoms with van der Waals surface area (Å²) >= 11 is 0. The Morgan fingerprint density at radius 2 is 1.85 bits per heavy atom. The summed E-state index contributed by atoms with van der Waals surface area (Å²) in [7, 11) is 3.04. The number of hydrogen-bond donors (Lipinski definition) is 3. The van der Waals surface area contributed by atoms with E-state index in [1.165, 1.54) is 7.11 Å². The molecule has 26 heavy (non-hydrogen) atoms. The molecule has 1 aliphatic heterocycles. The summed E-state index contributed by atoms with van der Waals surface area (Å²) in [4.78, 5) is 0. The van der Waals surface area contributed by atoms with E-state index in [1.54, 1.807) is 37.5 Å². The lowest BCUT2D eigenvalue weighted by atomic mass is 9.90. The molecule has 2 atom stereocenters. The lowest BCUT2D eigenvalue weighted by Crippen LogP contribution is -2.13. The molecule has 0 aromatic heterocycles. The van der Waals surface area contributed by atoms with Crippen LogP contribution in [0.4, 0.5) is 0 Å². The average Bonchev–Trinajstić information content (AvgIpc) is 3.04. The van der Waals surface area contributed by atoms with Crippen molar-refractivity contribution in [1.82, 2.24) is 0 Å². The Hall–Kier alpha value is -2.70. The van der Waals surface area contributed by atoms with Crippen LogP contribution in [-0.2, 0) is 0 Å². The normalized spacial score (nSPS) is 18.6. The highest BCUT2D eigenvalue weighted by Crippen LogP contribution is 2.51. The third-order valence-electron chi connectivity index (χ3n) is 4.48. The van der Waals surface area contributed by atoms with Gasteiger partial charge in [0.05, 0.1) is 33.4 Å². The third kappa shape index (κ3) is 3.21. The number of fused-ring (bicyclic) bond motifs is 1. The fourth-order valence-corrected chi connectivity index (χ4v) is 3.22. The lowest BCUT2D eigenvalue weighted by molar-refractivity contribution is 0.157. The number of phenols is 1. The van der Waals surface area contributed by atoms with Crippen LogP contribution in [0.2, 0.25) is 0 Å². The molecular weight excluding hydrogens is 337 g/mol. The standard InChI is InChI=1S/C20H22O6/c1-24-17-10-13(5-6-16(17)23)19-15(11-22)14-8-12(4-3-7-21)9-18(25-2)20(14)26-19/h3-6,8-10,15,19,21-23H,7,11H2,1-2H3/b4-3+/i3+1. The summed E-state index contributed by atoms with van der Waals surface area (Å²) in [6.07, 6.45) is 2.98. The molecule has 6 nitrogen and oxygen atoms in total. The predicted octanol–water partition coefficient (Wildman–Crippen LogP) is 2.62. The highest BCUT2D eigenvalue weighted by atomic mass is 16.5. The van der Waals surface area contributed by atoms with Crippen molar-refractivity contribution in [1.29, 1.82) is 0 Å². The zero-order chi connectivity index (χ0) is 18.7. The van der Waals surface area contributed by atoms with Crippen LogP contribution in [0.1, 0.15) is 28.7 Å². The molecule has 1 aliphatic rings. The molecule has 6 heteroatoms. The number of rotatable bonds is 6. The van der Waals surface area contributed by atoms with Gasteiger partial charge in [0.1, 0.15) is 6.10 Å². The monoisotopic (exact) mass is 359 g/mol. The van der Waals surface area contributed by atoms with Crippen molar-refractivity contribution < 1.29 is 29.5 Å². The van der Waals surface area contributed by atoms with E-state index >= 15 is 0 Å². The van der Waals surface area contributed by atoms with Crippen molar-refractivity contribution in [2.24, 2.45) is 0 Å². The van der Waals surface area contributed by atoms with Gasteiger partial charge in [-0.15, -0.1) is 0 Å². The molecule has 3 rings (SSSR count). The molecule has 2 unspecified atom stereocenters. The maximum absolute atomic E-state index is 10.00. The van der Waals surface area contributed by atoms with Gasteiger partial charge in [-0.3, -0.25) is 0 Å². The Morgan fingerprint density at radius 1 is 1.08 bits per heavy atom. The number of phenolic OH excluding ortho intramolecular Hbond substituents is 1. The molecule has 0 fully saturated rings. The molecule has 0 aliphatic carbocycles. The van der Waals surface area contributed by atoms with E-state index in [2.05, 4.69) is 0 Å². The summed E-state index contributed by atoms with van der Waals surface area (Å²) < 4.78 is 16.7. The molecule has 0 spiro atoms. The van der Waals surface area contributed by atoms with Crippen LogP contribution in [0.25, 0.3) is 6.08 Å². The average molecular weight is 359 g/mol. The number of aliphatic hydroxyl groups is 2. The van der Waals surface area contributed by atoms with Crippen molar-refractivity contribution in [2.75, 3.05) is 27.4 Å². The van der Waals surface area contributed by atoms with Crippen molar-refractivity contribution >= 4 is 6.08 Å². The van der Waals surface area contributed by atoms with E-state index in [4.69, 9.17) is 19.3 Å². The minimum atomic E-state index is -0.435. The molecule has 0 amide bonds. The van der Waals surface area contributed by atoms with Gasteiger partial charge in [0.2, 0.25) is 0 Å². The smallest absolute Gasteiger partial charge is 0.165 e. The van der Waals surface area contributed by atoms with Gasteiger partial charge in [-0.05, 0) is 35.4 Å². The summed E-state index contributed by atoms with van der Waals surface area (Å²) in [5, 5.41) is 28.8. The maximum Gasteiger partial charge on any atom is 0.165 e. The second-order valence-corrected chi connectivity index (χ2v) is 5.99. The van der Waals surface area contributed by atoms with E-state index in [9.17, 15) is 10.2 Å². The minimum Gasteiger partial charge on any atom is -0.504 e. The van der Waals surface area contributed by atoms with Crippen LogP contribution in [0, 0.1) is 0 Å². The molecule has 0 saturated heterocycles. The summed E-state index contributed by atoms with van der Waals surface area (Å²) in [6, 6.07) is 8.73. The first-order valence-corrected chi connectivity index (χ1v) is 8.26. The van der Waals surface area contributed by atoms with Gasteiger partial charge in [-0.2, -0.15) is 0 Å². The molecule has 1 heterocycles. The molecular formula is C20H22O6. The molecule has 0 radical (unpaired) electrons. The van der Waals surface area contributed by atoms with Crippen molar-refractivity contribution in [3.63, 3.8) is 0 Å². The van der Waals surface area contributed by atoms with Gasteiger partial charge in [-0.25, -0.2) is 0 Å². The van der Waals surface area contributed by atoms with E-state index in [1.807, 2.05) is 12.1 Å². The van der Waals surface area contributed by atoms with Gasteiger partial charge >= 0.3 is 0 Å². The Bertz CT molecular complexity index is 814. The van der Waals surface area contributed by atoms with Crippen LogP contribution in [0.15, 0.2) is 36.4 Å². The second-order valence-electron chi connectivity index (χ2n) is 5.99. The van der Waals surface area contributed by atoms with Crippen LogP contribution in [0.3, 0.4) is 0 Å². The van der Waals surface area contributed by atoms with Crippen LogP contribution < -0.4 is 14.2 Å². The van der Waals surface area contributed by atoms with Crippen molar-refractivity contribution in [3.8, 4) is 23.0 Å². The number of benzene rings is 2. The Balaban J connectivity index is 2.04. The molecule has 0 bridgehead atoms. The van der Waals surface area contributed by atoms with Gasteiger partial charge < -0.3 is 29.5 Å². The lowest BCUT2D eigenvalue weighted by Gasteiger charge is -2.18. The number of aliphatic hydroxyl groups excluding tert-OH is 2. The van der Waals surface area contributed by atoms with Gasteiger partial charge in [-0.1, -0.05) is 18.2 Å². The Morgan fingerprint density at radius 3 is 2.50 bits per heavy atom. The third-order valence-corrected chi connectivity index (χ3v) is 4.48. The molecule has 0 saturated carbocycles. The van der Waals surface area contributed by atoms with Crippen molar-refractivity contribution in [2.45, 2.75) is 12.0 Å². The first kappa shape index (κ1) is 18.1. The van der Waals surface area contributed by atoms with Gasteiger partial charge in [0, 0.05) is 5.56 Å². The fourth-order valence-electron chi connectivity index (χ4n) is 3.22. The van der Waals surface area contributed by atoms with Crippen LogP contribution >= 0.6 is 0 Å². The zero-order valence-electron chi connectivity index (χ0n) is 14.7. The quantitative estimate of drug-likeness (QED) is 0.687. The Labute approximate surface area is 151 Å². The Kier molecular flexibility index (Phi) is 5.35. The topological polar surface area (TPSA) is 88.4 Å². The van der Waals surface area contributed by atoms with E-state index in [0.29, 0.717) is 17.2 Å².